The highest BCUT2D eigenvalue weighted by atomic mass is 35.5. The molecule has 0 bridgehead atoms. The zero-order valence-electron chi connectivity index (χ0n) is 12.9. The van der Waals surface area contributed by atoms with Gasteiger partial charge in [0, 0.05) is 10.7 Å². The minimum absolute atomic E-state index is 0.421. The number of amides is 2. The van der Waals surface area contributed by atoms with E-state index in [4.69, 9.17) is 11.6 Å². The van der Waals surface area contributed by atoms with Crippen LogP contribution in [0.3, 0.4) is 0 Å². The number of carbonyl (C=O) groups is 1. The van der Waals surface area contributed by atoms with Gasteiger partial charge in [-0.05, 0) is 54.1 Å². The first-order valence-electron chi connectivity index (χ1n) is 7.07. The third-order valence-corrected chi connectivity index (χ3v) is 3.12. The summed E-state index contributed by atoms with van der Waals surface area (Å²) in [5.74, 6) is -0.430. The third-order valence-electron chi connectivity index (χ3n) is 2.87. The second-order valence-electron chi connectivity index (χ2n) is 4.86. The summed E-state index contributed by atoms with van der Waals surface area (Å²) >= 11 is 5.72. The summed E-state index contributed by atoms with van der Waals surface area (Å²) in [5, 5.41) is 6.69. The molecule has 0 radical (unpaired) electrons. The van der Waals surface area contributed by atoms with E-state index in [0.717, 1.165) is 12.1 Å². The second kappa shape index (κ2) is 8.52. The lowest BCUT2D eigenvalue weighted by molar-refractivity contribution is -0.253. The minimum atomic E-state index is -4.57. The summed E-state index contributed by atoms with van der Waals surface area (Å²) in [6.07, 6.45) is -7.28. The highest BCUT2D eigenvalue weighted by Crippen LogP contribution is 2.27. The third kappa shape index (κ3) is 5.92. The van der Waals surface area contributed by atoms with Gasteiger partial charge in [-0.15, -0.1) is 0 Å². The van der Waals surface area contributed by atoms with Crippen LogP contribution in [0.2, 0.25) is 5.02 Å². The van der Waals surface area contributed by atoms with E-state index >= 15 is 0 Å². The molecule has 2 amide bonds. The van der Waals surface area contributed by atoms with Crippen LogP contribution in [-0.2, 0) is 0 Å². The number of benzene rings is 2. The second-order valence-corrected chi connectivity index (χ2v) is 5.30. The van der Waals surface area contributed by atoms with E-state index in [-0.39, 0.29) is 0 Å². The predicted octanol–water partition coefficient (Wildman–Crippen LogP) is 4.73. The van der Waals surface area contributed by atoms with Crippen molar-refractivity contribution in [2.75, 3.05) is 5.32 Å². The number of hydrogen-bond acceptors (Lipinski definition) is 3. The van der Waals surface area contributed by atoms with Crippen molar-refractivity contribution in [2.24, 2.45) is 5.10 Å². The lowest BCUT2D eigenvalue weighted by Crippen LogP contribution is -2.33. The zero-order valence-corrected chi connectivity index (χ0v) is 13.7. The Morgan fingerprint density at radius 1 is 1.12 bits per heavy atom. The molecular formula is C16H12ClF4N3O2. The SMILES string of the molecule is O=C(N/N=C/c1ccc(OC(F)(F)C(F)F)cc1)Nc1ccc(Cl)cc1. The van der Waals surface area contributed by atoms with Crippen LogP contribution in [0, 0.1) is 0 Å². The maximum absolute atomic E-state index is 12.8. The predicted molar refractivity (Wildman–Crippen MR) is 89.2 cm³/mol. The van der Waals surface area contributed by atoms with Crippen molar-refractivity contribution >= 4 is 29.5 Å². The summed E-state index contributed by atoms with van der Waals surface area (Å²) < 4.78 is 53.5. The molecule has 0 fully saturated rings. The molecule has 0 saturated carbocycles. The van der Waals surface area contributed by atoms with Gasteiger partial charge in [0.15, 0.2) is 0 Å². The Morgan fingerprint density at radius 3 is 2.31 bits per heavy atom. The van der Waals surface area contributed by atoms with Crippen molar-refractivity contribution in [1.29, 1.82) is 0 Å². The van der Waals surface area contributed by atoms with Crippen LogP contribution in [0.15, 0.2) is 53.6 Å². The van der Waals surface area contributed by atoms with E-state index < -0.39 is 24.3 Å². The molecule has 0 unspecified atom stereocenters. The molecular weight excluding hydrogens is 378 g/mol. The number of nitrogens with zero attached hydrogens (tertiary/aromatic N) is 1. The molecule has 0 saturated heterocycles. The van der Waals surface area contributed by atoms with Gasteiger partial charge in [-0.2, -0.15) is 22.7 Å². The molecule has 0 atom stereocenters. The zero-order chi connectivity index (χ0) is 19.2. The van der Waals surface area contributed by atoms with E-state index in [2.05, 4.69) is 20.6 Å². The normalized spacial score (nSPS) is 11.6. The topological polar surface area (TPSA) is 62.7 Å². The van der Waals surface area contributed by atoms with Gasteiger partial charge >= 0.3 is 18.6 Å². The van der Waals surface area contributed by atoms with Crippen molar-refractivity contribution in [3.63, 3.8) is 0 Å². The van der Waals surface area contributed by atoms with Crippen LogP contribution in [0.5, 0.6) is 5.75 Å². The number of hydrazone groups is 1. The van der Waals surface area contributed by atoms with E-state index in [1.165, 1.54) is 18.3 Å². The van der Waals surface area contributed by atoms with Crippen LogP contribution in [0.1, 0.15) is 5.56 Å². The lowest BCUT2D eigenvalue weighted by Gasteiger charge is -2.16. The van der Waals surface area contributed by atoms with E-state index in [0.29, 0.717) is 16.3 Å². The van der Waals surface area contributed by atoms with E-state index in [9.17, 15) is 22.4 Å². The number of alkyl halides is 4. The average Bonchev–Trinajstić information content (AvgIpc) is 2.58. The van der Waals surface area contributed by atoms with Crippen molar-refractivity contribution in [3.05, 3.63) is 59.1 Å². The Balaban J connectivity index is 1.86. The van der Waals surface area contributed by atoms with E-state index in [1.54, 1.807) is 24.3 Å². The number of hydrogen-bond donors (Lipinski definition) is 2. The highest BCUT2D eigenvalue weighted by molar-refractivity contribution is 6.30. The highest BCUT2D eigenvalue weighted by Gasteiger charge is 2.43. The molecule has 0 aliphatic heterocycles. The molecule has 138 valence electrons. The first-order chi connectivity index (χ1) is 12.3. The number of ether oxygens (including phenoxy) is 1. The molecule has 10 heteroatoms. The summed E-state index contributed by atoms with van der Waals surface area (Å²) in [5.41, 5.74) is 3.12. The number of halogens is 5. The quantitative estimate of drug-likeness (QED) is 0.426. The van der Waals surface area contributed by atoms with Crippen LogP contribution in [0.4, 0.5) is 28.0 Å². The molecule has 5 nitrogen and oxygen atoms in total. The first-order valence-corrected chi connectivity index (χ1v) is 7.45. The molecule has 2 N–H and O–H groups in total. The molecule has 2 rings (SSSR count). The molecule has 0 spiro atoms. The number of anilines is 1. The summed E-state index contributed by atoms with van der Waals surface area (Å²) in [6.45, 7) is 0. The molecule has 0 aromatic heterocycles. The van der Waals surface area contributed by atoms with Crippen molar-refractivity contribution in [3.8, 4) is 5.75 Å². The Bertz CT molecular complexity index is 768. The van der Waals surface area contributed by atoms with Crippen LogP contribution >= 0.6 is 11.6 Å². The van der Waals surface area contributed by atoms with Gasteiger partial charge in [-0.25, -0.2) is 10.2 Å². The lowest BCUT2D eigenvalue weighted by atomic mass is 10.2. The Hall–Kier alpha value is -2.81. The molecule has 26 heavy (non-hydrogen) atoms. The Morgan fingerprint density at radius 2 is 1.73 bits per heavy atom. The molecule has 0 aliphatic carbocycles. The Kier molecular flexibility index (Phi) is 6.40. The molecule has 0 aliphatic rings. The van der Waals surface area contributed by atoms with Crippen LogP contribution in [-0.4, -0.2) is 24.8 Å². The number of nitrogens with one attached hydrogen (secondary N) is 2. The maximum atomic E-state index is 12.8. The molecule has 0 heterocycles. The number of carbonyl (C=O) groups excluding carboxylic acids is 1. The van der Waals surface area contributed by atoms with Gasteiger partial charge in [-0.1, -0.05) is 11.6 Å². The fraction of sp³-hybridized carbons (Fsp3) is 0.125. The summed E-state index contributed by atoms with van der Waals surface area (Å²) in [6, 6.07) is 10.5. The van der Waals surface area contributed by atoms with Crippen LogP contribution in [0.25, 0.3) is 0 Å². The fourth-order valence-electron chi connectivity index (χ4n) is 1.68. The standard InChI is InChI=1S/C16H12ClF4N3O2/c17-11-3-5-12(6-4-11)23-15(25)24-22-9-10-1-7-13(8-2-10)26-16(20,21)14(18)19/h1-9,14H,(H2,23,24,25)/b22-9+. The smallest absolute Gasteiger partial charge is 0.428 e. The van der Waals surface area contributed by atoms with Gasteiger partial charge in [0.25, 0.3) is 0 Å². The van der Waals surface area contributed by atoms with Gasteiger partial charge in [0.2, 0.25) is 0 Å². The van der Waals surface area contributed by atoms with Gasteiger partial charge in [0.05, 0.1) is 6.21 Å². The van der Waals surface area contributed by atoms with Crippen molar-refractivity contribution in [1.82, 2.24) is 5.43 Å². The summed E-state index contributed by atoms with van der Waals surface area (Å²) in [4.78, 5) is 11.6. The number of rotatable bonds is 6. The van der Waals surface area contributed by atoms with Gasteiger partial charge in [0.1, 0.15) is 5.75 Å². The monoisotopic (exact) mass is 389 g/mol. The fourth-order valence-corrected chi connectivity index (χ4v) is 1.81. The average molecular weight is 390 g/mol. The van der Waals surface area contributed by atoms with Crippen molar-refractivity contribution in [2.45, 2.75) is 12.5 Å². The number of urea groups is 1. The Labute approximate surface area is 150 Å². The summed E-state index contributed by atoms with van der Waals surface area (Å²) in [7, 11) is 0. The van der Waals surface area contributed by atoms with Gasteiger partial charge < -0.3 is 10.1 Å². The van der Waals surface area contributed by atoms with Crippen molar-refractivity contribution < 1.29 is 27.1 Å². The molecule has 2 aromatic rings. The maximum Gasteiger partial charge on any atom is 0.461 e. The minimum Gasteiger partial charge on any atom is -0.428 e. The van der Waals surface area contributed by atoms with Gasteiger partial charge in [-0.3, -0.25) is 0 Å². The molecule has 2 aromatic carbocycles. The largest absolute Gasteiger partial charge is 0.461 e. The van der Waals surface area contributed by atoms with E-state index in [1.807, 2.05) is 0 Å². The van der Waals surface area contributed by atoms with Crippen LogP contribution < -0.4 is 15.5 Å². The first kappa shape index (κ1) is 19.5.